The van der Waals surface area contributed by atoms with Crippen LogP contribution < -0.4 is 10.1 Å². The lowest BCUT2D eigenvalue weighted by molar-refractivity contribution is 0.102. The van der Waals surface area contributed by atoms with Crippen molar-refractivity contribution in [3.05, 3.63) is 59.9 Å². The van der Waals surface area contributed by atoms with Gasteiger partial charge in [0.1, 0.15) is 5.75 Å². The van der Waals surface area contributed by atoms with E-state index in [1.54, 1.807) is 24.3 Å². The fraction of sp³-hybridized carbons (Fsp3) is 0.250. The van der Waals surface area contributed by atoms with Crippen LogP contribution in [0.2, 0.25) is 0 Å². The summed E-state index contributed by atoms with van der Waals surface area (Å²) in [6.45, 7) is 4.68. The zero-order valence-electron chi connectivity index (χ0n) is 14.9. The average Bonchev–Trinajstić information content (AvgIpc) is 3.16. The molecule has 0 saturated carbocycles. The molecule has 1 aromatic heterocycles. The van der Waals surface area contributed by atoms with Gasteiger partial charge >= 0.3 is 0 Å². The van der Waals surface area contributed by atoms with Crippen LogP contribution in [0.5, 0.6) is 5.75 Å². The summed E-state index contributed by atoms with van der Waals surface area (Å²) >= 11 is 0. The van der Waals surface area contributed by atoms with Gasteiger partial charge < -0.3 is 14.6 Å². The molecule has 0 saturated heterocycles. The Bertz CT molecular complexity index is 855. The molecule has 1 heterocycles. The average molecular weight is 351 g/mol. The Morgan fingerprint density at radius 2 is 1.81 bits per heavy atom. The van der Waals surface area contributed by atoms with Gasteiger partial charge in [-0.2, -0.15) is 4.98 Å². The first-order valence-electron chi connectivity index (χ1n) is 8.66. The quantitative estimate of drug-likeness (QED) is 0.685. The minimum Gasteiger partial charge on any atom is -0.494 e. The Morgan fingerprint density at radius 1 is 1.08 bits per heavy atom. The molecule has 0 aliphatic rings. The van der Waals surface area contributed by atoms with Gasteiger partial charge in [0.2, 0.25) is 0 Å². The van der Waals surface area contributed by atoms with Crippen LogP contribution in [0.15, 0.2) is 53.1 Å². The van der Waals surface area contributed by atoms with E-state index in [0.29, 0.717) is 29.6 Å². The summed E-state index contributed by atoms with van der Waals surface area (Å²) in [5.41, 5.74) is 2.08. The molecule has 6 heteroatoms. The van der Waals surface area contributed by atoms with Crippen LogP contribution in [0, 0.1) is 0 Å². The lowest BCUT2D eigenvalue weighted by atomic mass is 10.1. The molecule has 6 nitrogen and oxygen atoms in total. The van der Waals surface area contributed by atoms with E-state index in [1.807, 2.05) is 38.1 Å². The molecule has 26 heavy (non-hydrogen) atoms. The molecule has 0 aliphatic heterocycles. The van der Waals surface area contributed by atoms with Crippen molar-refractivity contribution in [1.82, 2.24) is 10.1 Å². The maximum Gasteiger partial charge on any atom is 0.257 e. The molecule has 1 amide bonds. The second-order valence-electron chi connectivity index (χ2n) is 5.77. The van der Waals surface area contributed by atoms with Crippen molar-refractivity contribution in [3.8, 4) is 17.2 Å². The molecular formula is C20H21N3O3. The number of carbonyl (C=O) groups excluding carboxylic acids is 1. The number of benzene rings is 2. The van der Waals surface area contributed by atoms with Crippen molar-refractivity contribution in [2.75, 3.05) is 11.9 Å². The van der Waals surface area contributed by atoms with Gasteiger partial charge in [0.15, 0.2) is 5.82 Å². The van der Waals surface area contributed by atoms with E-state index in [9.17, 15) is 4.79 Å². The van der Waals surface area contributed by atoms with Crippen LogP contribution in [-0.2, 0) is 6.42 Å². The Labute approximate surface area is 152 Å². The molecule has 134 valence electrons. The molecule has 0 spiro atoms. The number of anilines is 1. The number of carbonyl (C=O) groups is 1. The molecule has 0 radical (unpaired) electrons. The first kappa shape index (κ1) is 17.7. The third kappa shape index (κ3) is 4.27. The molecule has 3 aromatic rings. The summed E-state index contributed by atoms with van der Waals surface area (Å²) in [4.78, 5) is 16.6. The second kappa shape index (κ2) is 8.29. The van der Waals surface area contributed by atoms with E-state index in [-0.39, 0.29) is 5.91 Å². The van der Waals surface area contributed by atoms with E-state index in [0.717, 1.165) is 24.2 Å². The highest BCUT2D eigenvalue weighted by Crippen LogP contribution is 2.20. The molecule has 0 atom stereocenters. The fourth-order valence-electron chi connectivity index (χ4n) is 2.34. The molecule has 0 unspecified atom stereocenters. The number of ether oxygens (including phenoxy) is 1. The van der Waals surface area contributed by atoms with Crippen molar-refractivity contribution >= 4 is 11.6 Å². The zero-order chi connectivity index (χ0) is 18.4. The number of aromatic nitrogens is 2. The van der Waals surface area contributed by atoms with E-state index >= 15 is 0 Å². The smallest absolute Gasteiger partial charge is 0.257 e. The summed E-state index contributed by atoms with van der Waals surface area (Å²) in [6.07, 6.45) is 1.67. The first-order chi connectivity index (χ1) is 12.7. The maximum atomic E-state index is 12.3. The van der Waals surface area contributed by atoms with Gasteiger partial charge in [-0.15, -0.1) is 0 Å². The predicted octanol–water partition coefficient (Wildman–Crippen LogP) is 4.34. The third-order valence-corrected chi connectivity index (χ3v) is 3.76. The van der Waals surface area contributed by atoms with Crippen molar-refractivity contribution in [2.24, 2.45) is 0 Å². The Hall–Kier alpha value is -3.15. The molecule has 0 fully saturated rings. The van der Waals surface area contributed by atoms with Crippen molar-refractivity contribution in [1.29, 1.82) is 0 Å². The Kier molecular flexibility index (Phi) is 5.63. The monoisotopic (exact) mass is 351 g/mol. The number of amides is 1. The highest BCUT2D eigenvalue weighted by Gasteiger charge is 2.09. The van der Waals surface area contributed by atoms with Crippen LogP contribution in [0.1, 0.15) is 36.5 Å². The van der Waals surface area contributed by atoms with Crippen molar-refractivity contribution in [3.63, 3.8) is 0 Å². The summed E-state index contributed by atoms with van der Waals surface area (Å²) < 4.78 is 10.7. The van der Waals surface area contributed by atoms with Crippen LogP contribution in [0.4, 0.5) is 5.69 Å². The number of hydrogen-bond donors (Lipinski definition) is 1. The molecule has 0 aliphatic carbocycles. The van der Waals surface area contributed by atoms with Gasteiger partial charge in [0.05, 0.1) is 6.61 Å². The fourth-order valence-corrected chi connectivity index (χ4v) is 2.34. The van der Waals surface area contributed by atoms with Crippen LogP contribution in [-0.4, -0.2) is 22.7 Å². The topological polar surface area (TPSA) is 77.2 Å². The summed E-state index contributed by atoms with van der Waals surface area (Å²) in [7, 11) is 0. The van der Waals surface area contributed by atoms with Gasteiger partial charge in [-0.25, -0.2) is 0 Å². The van der Waals surface area contributed by atoms with E-state index in [2.05, 4.69) is 15.5 Å². The molecule has 1 N–H and O–H groups in total. The predicted molar refractivity (Wildman–Crippen MR) is 99.3 cm³/mol. The summed E-state index contributed by atoms with van der Waals surface area (Å²) in [6, 6.07) is 14.4. The lowest BCUT2D eigenvalue weighted by Gasteiger charge is -2.07. The summed E-state index contributed by atoms with van der Waals surface area (Å²) in [5.74, 6) is 1.73. The Balaban J connectivity index is 1.63. The van der Waals surface area contributed by atoms with E-state index in [1.165, 1.54) is 0 Å². The van der Waals surface area contributed by atoms with Crippen LogP contribution >= 0.6 is 0 Å². The highest BCUT2D eigenvalue weighted by molar-refractivity contribution is 6.04. The SMILES string of the molecule is CCCOc1ccc(C(=O)Nc2ccc(-c3nc(CC)no3)cc2)cc1. The van der Waals surface area contributed by atoms with Crippen LogP contribution in [0.25, 0.3) is 11.5 Å². The third-order valence-electron chi connectivity index (χ3n) is 3.76. The van der Waals surface area contributed by atoms with Gasteiger partial charge in [-0.1, -0.05) is 19.0 Å². The molecule has 3 rings (SSSR count). The van der Waals surface area contributed by atoms with Crippen LogP contribution in [0.3, 0.4) is 0 Å². The van der Waals surface area contributed by atoms with Gasteiger partial charge in [0.25, 0.3) is 11.8 Å². The lowest BCUT2D eigenvalue weighted by Crippen LogP contribution is -2.11. The zero-order valence-corrected chi connectivity index (χ0v) is 14.9. The highest BCUT2D eigenvalue weighted by atomic mass is 16.5. The second-order valence-corrected chi connectivity index (χ2v) is 5.77. The largest absolute Gasteiger partial charge is 0.494 e. The van der Waals surface area contributed by atoms with Gasteiger partial charge in [0, 0.05) is 23.2 Å². The minimum absolute atomic E-state index is 0.175. The maximum absolute atomic E-state index is 12.3. The van der Waals surface area contributed by atoms with E-state index in [4.69, 9.17) is 9.26 Å². The molecular weight excluding hydrogens is 330 g/mol. The van der Waals surface area contributed by atoms with Crippen molar-refractivity contribution in [2.45, 2.75) is 26.7 Å². The molecule has 0 bridgehead atoms. The van der Waals surface area contributed by atoms with E-state index < -0.39 is 0 Å². The normalized spacial score (nSPS) is 10.5. The number of hydrogen-bond acceptors (Lipinski definition) is 5. The molecule has 2 aromatic carbocycles. The number of nitrogens with one attached hydrogen (secondary N) is 1. The minimum atomic E-state index is -0.175. The number of rotatable bonds is 7. The standard InChI is InChI=1S/C20H21N3O3/c1-3-13-25-17-11-7-14(8-12-17)19(24)21-16-9-5-15(6-10-16)20-22-18(4-2)23-26-20/h5-12H,3-4,13H2,1-2H3,(H,21,24). The Morgan fingerprint density at radius 3 is 2.42 bits per heavy atom. The first-order valence-corrected chi connectivity index (χ1v) is 8.66. The number of aryl methyl sites for hydroxylation is 1. The van der Waals surface area contributed by atoms with Gasteiger partial charge in [-0.3, -0.25) is 4.79 Å². The number of nitrogens with zero attached hydrogens (tertiary/aromatic N) is 2. The van der Waals surface area contributed by atoms with Gasteiger partial charge in [-0.05, 0) is 55.0 Å². The summed E-state index contributed by atoms with van der Waals surface area (Å²) in [5, 5.41) is 6.75. The van der Waals surface area contributed by atoms with Crippen molar-refractivity contribution < 1.29 is 14.1 Å².